The molecule has 1 N–H and O–H groups in total. The normalized spacial score (nSPS) is 11.0. The molecule has 0 aliphatic rings. The van der Waals surface area contributed by atoms with Gasteiger partial charge >= 0.3 is 0 Å². The summed E-state index contributed by atoms with van der Waals surface area (Å²) >= 11 is 0. The van der Waals surface area contributed by atoms with E-state index >= 15 is 0 Å². The number of hydrogen-bond donors (Lipinski definition) is 1. The highest BCUT2D eigenvalue weighted by atomic mass is 16.5. The highest BCUT2D eigenvalue weighted by molar-refractivity contribution is 6.13. The summed E-state index contributed by atoms with van der Waals surface area (Å²) in [6.45, 7) is 1.87. The quantitative estimate of drug-likeness (QED) is 0.420. The van der Waals surface area contributed by atoms with Gasteiger partial charge in [0.2, 0.25) is 0 Å². The SMILES string of the molecule is COc1ccc(-c2cc(C(=O)Nc3cccc(-c4ccno4)c3)c3c(C)nn(C)c3n2)cc1. The molecule has 8 heteroatoms. The first-order valence-corrected chi connectivity index (χ1v) is 10.3. The topological polar surface area (TPSA) is 95.1 Å². The number of hydrogen-bond acceptors (Lipinski definition) is 6. The first kappa shape index (κ1) is 20.4. The fourth-order valence-electron chi connectivity index (χ4n) is 3.85. The molecular weight excluding hydrogens is 418 g/mol. The van der Waals surface area contributed by atoms with Crippen molar-refractivity contribution in [2.45, 2.75) is 6.92 Å². The summed E-state index contributed by atoms with van der Waals surface area (Å²) in [6.07, 6.45) is 1.58. The Kier molecular flexibility index (Phi) is 5.10. The number of nitrogens with one attached hydrogen (secondary N) is 1. The van der Waals surface area contributed by atoms with Gasteiger partial charge in [-0.2, -0.15) is 5.10 Å². The average molecular weight is 439 g/mol. The Labute approximate surface area is 189 Å². The third-order valence-electron chi connectivity index (χ3n) is 5.44. The van der Waals surface area contributed by atoms with Crippen LogP contribution in [0.3, 0.4) is 0 Å². The van der Waals surface area contributed by atoms with Crippen molar-refractivity contribution in [1.82, 2.24) is 19.9 Å². The molecule has 0 bridgehead atoms. The van der Waals surface area contributed by atoms with Gasteiger partial charge in [-0.25, -0.2) is 4.98 Å². The molecule has 164 valence electrons. The Morgan fingerprint density at radius 2 is 1.88 bits per heavy atom. The lowest BCUT2D eigenvalue weighted by atomic mass is 10.0. The van der Waals surface area contributed by atoms with E-state index in [9.17, 15) is 4.79 Å². The Balaban J connectivity index is 1.56. The zero-order chi connectivity index (χ0) is 22.9. The zero-order valence-corrected chi connectivity index (χ0v) is 18.4. The van der Waals surface area contributed by atoms with Crippen LogP contribution in [-0.2, 0) is 7.05 Å². The maximum atomic E-state index is 13.4. The van der Waals surface area contributed by atoms with Crippen LogP contribution >= 0.6 is 0 Å². The van der Waals surface area contributed by atoms with Crippen LogP contribution in [0.2, 0.25) is 0 Å². The lowest BCUT2D eigenvalue weighted by molar-refractivity contribution is 0.102. The molecule has 3 aromatic heterocycles. The Hall–Kier alpha value is -4.46. The van der Waals surface area contributed by atoms with Gasteiger partial charge in [-0.3, -0.25) is 9.48 Å². The number of benzene rings is 2. The first-order valence-electron chi connectivity index (χ1n) is 10.3. The van der Waals surface area contributed by atoms with Crippen LogP contribution in [0, 0.1) is 6.92 Å². The van der Waals surface area contributed by atoms with Crippen molar-refractivity contribution in [3.63, 3.8) is 0 Å². The molecule has 0 saturated heterocycles. The Morgan fingerprint density at radius 3 is 2.61 bits per heavy atom. The number of ether oxygens (including phenoxy) is 1. The minimum Gasteiger partial charge on any atom is -0.497 e. The average Bonchev–Trinajstić information content (AvgIpc) is 3.47. The van der Waals surface area contributed by atoms with Crippen molar-refractivity contribution in [3.8, 4) is 28.3 Å². The molecule has 0 saturated carbocycles. The number of carbonyl (C=O) groups is 1. The van der Waals surface area contributed by atoms with Crippen molar-refractivity contribution in [2.24, 2.45) is 7.05 Å². The summed E-state index contributed by atoms with van der Waals surface area (Å²) in [7, 11) is 3.44. The second-order valence-corrected chi connectivity index (χ2v) is 7.60. The first-order chi connectivity index (χ1) is 16.0. The lowest BCUT2D eigenvalue weighted by Gasteiger charge is -2.10. The molecule has 5 rings (SSSR count). The number of nitrogens with zero attached hydrogens (tertiary/aromatic N) is 4. The molecule has 0 unspecified atom stereocenters. The number of anilines is 1. The third-order valence-corrected chi connectivity index (χ3v) is 5.44. The van der Waals surface area contributed by atoms with Gasteiger partial charge < -0.3 is 14.6 Å². The smallest absolute Gasteiger partial charge is 0.256 e. The van der Waals surface area contributed by atoms with Crippen molar-refractivity contribution < 1.29 is 14.1 Å². The molecule has 0 aliphatic heterocycles. The molecule has 0 aliphatic carbocycles. The van der Waals surface area contributed by atoms with Crippen LogP contribution in [0.15, 0.2) is 71.4 Å². The van der Waals surface area contributed by atoms with Gasteiger partial charge in [0.05, 0.1) is 35.6 Å². The molecule has 8 nitrogen and oxygen atoms in total. The molecule has 33 heavy (non-hydrogen) atoms. The van der Waals surface area contributed by atoms with Gasteiger partial charge in [0.25, 0.3) is 5.91 Å². The van der Waals surface area contributed by atoms with E-state index in [0.717, 1.165) is 28.0 Å². The van der Waals surface area contributed by atoms with E-state index in [2.05, 4.69) is 15.6 Å². The number of amides is 1. The van der Waals surface area contributed by atoms with Gasteiger partial charge in [-0.05, 0) is 49.4 Å². The summed E-state index contributed by atoms with van der Waals surface area (Å²) < 4.78 is 12.2. The van der Waals surface area contributed by atoms with E-state index in [-0.39, 0.29) is 5.91 Å². The largest absolute Gasteiger partial charge is 0.497 e. The minimum absolute atomic E-state index is 0.247. The molecule has 3 heterocycles. The van der Waals surface area contributed by atoms with Gasteiger partial charge in [0.15, 0.2) is 11.4 Å². The molecule has 0 spiro atoms. The highest BCUT2D eigenvalue weighted by Crippen LogP contribution is 2.29. The maximum Gasteiger partial charge on any atom is 0.256 e. The molecule has 5 aromatic rings. The summed E-state index contributed by atoms with van der Waals surface area (Å²) in [5, 5.41) is 12.0. The maximum absolute atomic E-state index is 13.4. The molecule has 0 radical (unpaired) electrons. The van der Waals surface area contributed by atoms with E-state index in [0.29, 0.717) is 28.4 Å². The second-order valence-electron chi connectivity index (χ2n) is 7.60. The second kappa shape index (κ2) is 8.23. The summed E-state index contributed by atoms with van der Waals surface area (Å²) in [5.41, 5.74) is 4.89. The van der Waals surface area contributed by atoms with Crippen LogP contribution in [0.5, 0.6) is 5.75 Å². The number of pyridine rings is 1. The van der Waals surface area contributed by atoms with Crippen molar-refractivity contribution in [2.75, 3.05) is 12.4 Å². The number of methoxy groups -OCH3 is 1. The predicted molar refractivity (Wildman–Crippen MR) is 125 cm³/mol. The number of carbonyl (C=O) groups excluding carboxylic acids is 1. The van der Waals surface area contributed by atoms with E-state index in [1.165, 1.54) is 0 Å². The van der Waals surface area contributed by atoms with Gasteiger partial charge in [-0.1, -0.05) is 17.3 Å². The molecule has 0 fully saturated rings. The van der Waals surface area contributed by atoms with E-state index in [1.54, 1.807) is 30.1 Å². The van der Waals surface area contributed by atoms with Gasteiger partial charge in [0.1, 0.15) is 5.75 Å². The van der Waals surface area contributed by atoms with Crippen LogP contribution < -0.4 is 10.1 Å². The van der Waals surface area contributed by atoms with Gasteiger partial charge in [0, 0.05) is 29.9 Å². The molecule has 1 amide bonds. The third kappa shape index (κ3) is 3.82. The summed E-state index contributed by atoms with van der Waals surface area (Å²) in [5.74, 6) is 1.13. The van der Waals surface area contributed by atoms with Crippen LogP contribution in [-0.4, -0.2) is 32.9 Å². The number of aryl methyl sites for hydroxylation is 2. The van der Waals surface area contributed by atoms with Crippen LogP contribution in [0.1, 0.15) is 16.1 Å². The number of aromatic nitrogens is 4. The molecule has 2 aromatic carbocycles. The molecular formula is C25H21N5O3. The predicted octanol–water partition coefficient (Wildman–Crippen LogP) is 4.86. The summed E-state index contributed by atoms with van der Waals surface area (Å²) in [4.78, 5) is 18.2. The minimum atomic E-state index is -0.247. The molecule has 0 atom stereocenters. The number of fused-ring (bicyclic) bond motifs is 1. The number of rotatable bonds is 5. The monoisotopic (exact) mass is 439 g/mol. The fraction of sp³-hybridized carbons (Fsp3) is 0.120. The van der Waals surface area contributed by atoms with Crippen molar-refractivity contribution in [1.29, 1.82) is 0 Å². The van der Waals surface area contributed by atoms with E-state index in [1.807, 2.05) is 62.5 Å². The van der Waals surface area contributed by atoms with Crippen LogP contribution in [0.25, 0.3) is 33.6 Å². The standard InChI is InChI=1S/C25H21N5O3/c1-15-23-20(25(31)27-18-6-4-5-17(13-18)22-11-12-26-33-22)14-21(28-24(23)30(2)29-15)16-7-9-19(32-3)10-8-16/h4-14H,1-3H3,(H,27,31). The van der Waals surface area contributed by atoms with Crippen molar-refractivity contribution in [3.05, 3.63) is 78.1 Å². The highest BCUT2D eigenvalue weighted by Gasteiger charge is 2.20. The van der Waals surface area contributed by atoms with Crippen LogP contribution in [0.4, 0.5) is 5.69 Å². The zero-order valence-electron chi connectivity index (χ0n) is 18.4. The van der Waals surface area contributed by atoms with E-state index in [4.69, 9.17) is 14.2 Å². The van der Waals surface area contributed by atoms with E-state index < -0.39 is 0 Å². The van der Waals surface area contributed by atoms with Crippen molar-refractivity contribution >= 4 is 22.6 Å². The Morgan fingerprint density at radius 1 is 1.06 bits per heavy atom. The lowest BCUT2D eigenvalue weighted by Crippen LogP contribution is -2.13. The van der Waals surface area contributed by atoms with Gasteiger partial charge in [-0.15, -0.1) is 0 Å². The fourth-order valence-corrected chi connectivity index (χ4v) is 3.85. The Bertz CT molecular complexity index is 1450. The summed E-state index contributed by atoms with van der Waals surface area (Å²) in [6, 6.07) is 18.6.